The number of carbonyl (C=O) groups is 7. The Balaban J connectivity index is 0.00000520. The maximum Gasteiger partial charge on any atom is 0.326 e. The quantitative estimate of drug-likeness (QED) is 0.0597. The summed E-state index contributed by atoms with van der Waals surface area (Å²) in [4.78, 5) is 82.5. The number of hydrogen-bond acceptors (Lipinski definition) is 11. The van der Waals surface area contributed by atoms with Crippen molar-refractivity contribution in [1.29, 1.82) is 0 Å². The Morgan fingerprint density at radius 1 is 0.708 bits per heavy atom. The summed E-state index contributed by atoms with van der Waals surface area (Å²) < 4.78 is 0. The first-order valence-corrected chi connectivity index (χ1v) is 15.4. The zero-order valence-corrected chi connectivity index (χ0v) is 27.0. The molecule has 0 heterocycles. The molecule has 0 spiro atoms. The third kappa shape index (κ3) is 20.3. The monoisotopic (exact) mass is 683 g/mol. The zero-order valence-electron chi connectivity index (χ0n) is 27.0. The van der Waals surface area contributed by atoms with Crippen molar-refractivity contribution in [2.24, 2.45) is 17.2 Å². The molecular formula is C30H49N7O11. The average Bonchev–Trinajstić information content (AvgIpc) is 3.01. The zero-order chi connectivity index (χ0) is 36.6. The molecule has 1 aromatic rings. The Morgan fingerprint density at radius 3 is 1.69 bits per heavy atom. The number of aliphatic carboxylic acids is 3. The second-order valence-corrected chi connectivity index (χ2v) is 10.8. The topological polar surface area (TPSA) is 327 Å². The highest BCUT2D eigenvalue weighted by atomic mass is 16.4. The van der Waals surface area contributed by atoms with Gasteiger partial charge in [0.2, 0.25) is 23.6 Å². The van der Waals surface area contributed by atoms with E-state index in [-0.39, 0.29) is 31.4 Å². The maximum atomic E-state index is 13.3. The van der Waals surface area contributed by atoms with Crippen molar-refractivity contribution in [2.45, 2.75) is 88.9 Å². The van der Waals surface area contributed by atoms with Crippen molar-refractivity contribution in [1.82, 2.24) is 21.3 Å². The first-order valence-electron chi connectivity index (χ1n) is 15.4. The minimum Gasteiger partial charge on any atom is -0.508 e. The van der Waals surface area contributed by atoms with E-state index in [1.54, 1.807) is 12.1 Å². The van der Waals surface area contributed by atoms with E-state index in [0.717, 1.165) is 6.92 Å². The Hall–Kier alpha value is -4.81. The third-order valence-electron chi connectivity index (χ3n) is 6.59. The SMILES string of the molecule is CC(=O)O.NCCCCC(NC(=O)C(N)Cc1ccc(O)cc1)C(=O)NC(CCCCN)C(=O)NCC(=O)NC(CCC(=O)O)C(=O)O. The summed E-state index contributed by atoms with van der Waals surface area (Å²) in [7, 11) is 0. The second kappa shape index (κ2) is 24.4. The van der Waals surface area contributed by atoms with Crippen LogP contribution in [0.2, 0.25) is 0 Å². The number of nitrogens with two attached hydrogens (primary N) is 3. The molecule has 1 aromatic carbocycles. The first kappa shape index (κ1) is 43.2. The van der Waals surface area contributed by atoms with E-state index in [1.807, 2.05) is 0 Å². The summed E-state index contributed by atoms with van der Waals surface area (Å²) in [5, 5.41) is 44.6. The number of carbonyl (C=O) groups excluding carboxylic acids is 4. The minimum atomic E-state index is -1.46. The molecule has 0 saturated carbocycles. The fourth-order valence-electron chi connectivity index (χ4n) is 4.11. The van der Waals surface area contributed by atoms with Gasteiger partial charge in [-0.05, 0) is 82.2 Å². The van der Waals surface area contributed by atoms with Crippen molar-refractivity contribution in [3.63, 3.8) is 0 Å². The van der Waals surface area contributed by atoms with Crippen LogP contribution in [0.25, 0.3) is 0 Å². The molecule has 0 aliphatic heterocycles. The Labute approximate surface area is 278 Å². The van der Waals surface area contributed by atoms with Crippen molar-refractivity contribution in [3.8, 4) is 5.75 Å². The van der Waals surface area contributed by atoms with Crippen LogP contribution in [-0.2, 0) is 40.0 Å². The lowest BCUT2D eigenvalue weighted by Gasteiger charge is -2.24. The van der Waals surface area contributed by atoms with Gasteiger partial charge >= 0.3 is 11.9 Å². The van der Waals surface area contributed by atoms with Crippen LogP contribution in [0.1, 0.15) is 63.9 Å². The predicted octanol–water partition coefficient (Wildman–Crippen LogP) is -1.87. The molecule has 0 fully saturated rings. The molecule has 4 atom stereocenters. The van der Waals surface area contributed by atoms with Crippen LogP contribution in [-0.4, -0.2) is 106 Å². The number of benzene rings is 1. The molecule has 4 unspecified atom stereocenters. The van der Waals surface area contributed by atoms with Gasteiger partial charge < -0.3 is 58.9 Å². The summed E-state index contributed by atoms with van der Waals surface area (Å²) in [6.45, 7) is 1.17. The van der Waals surface area contributed by atoms with Crippen LogP contribution in [0.5, 0.6) is 5.75 Å². The number of aromatic hydroxyl groups is 1. The minimum absolute atomic E-state index is 0.0642. The molecule has 18 nitrogen and oxygen atoms in total. The number of phenolic OH excluding ortho intramolecular Hbond substituents is 1. The normalized spacial score (nSPS) is 12.9. The van der Waals surface area contributed by atoms with Gasteiger partial charge in [-0.2, -0.15) is 0 Å². The summed E-state index contributed by atoms with van der Waals surface area (Å²) >= 11 is 0. The number of hydrogen-bond donors (Lipinski definition) is 11. The summed E-state index contributed by atoms with van der Waals surface area (Å²) in [6, 6.07) is 1.55. The number of nitrogens with one attached hydrogen (secondary N) is 4. The van der Waals surface area contributed by atoms with E-state index in [1.165, 1.54) is 12.1 Å². The van der Waals surface area contributed by atoms with Gasteiger partial charge in [0.15, 0.2) is 0 Å². The van der Waals surface area contributed by atoms with Crippen LogP contribution < -0.4 is 38.5 Å². The molecule has 0 saturated heterocycles. The fraction of sp³-hybridized carbons (Fsp3) is 0.567. The molecule has 0 aliphatic carbocycles. The Morgan fingerprint density at radius 2 is 1.21 bits per heavy atom. The summed E-state index contributed by atoms with van der Waals surface area (Å²) in [5.41, 5.74) is 17.9. The van der Waals surface area contributed by atoms with Crippen LogP contribution in [0.15, 0.2) is 24.3 Å². The second-order valence-electron chi connectivity index (χ2n) is 10.8. The van der Waals surface area contributed by atoms with Crippen LogP contribution in [0.3, 0.4) is 0 Å². The molecule has 1 rings (SSSR count). The molecule has 48 heavy (non-hydrogen) atoms. The van der Waals surface area contributed by atoms with E-state index >= 15 is 0 Å². The van der Waals surface area contributed by atoms with Gasteiger partial charge in [-0.25, -0.2) is 4.79 Å². The highest BCUT2D eigenvalue weighted by Gasteiger charge is 2.28. The van der Waals surface area contributed by atoms with Crippen LogP contribution in [0.4, 0.5) is 0 Å². The molecule has 14 N–H and O–H groups in total. The molecule has 4 amide bonds. The number of phenols is 1. The van der Waals surface area contributed by atoms with Crippen molar-refractivity contribution < 1.29 is 54.0 Å². The Bertz CT molecular complexity index is 1190. The lowest BCUT2D eigenvalue weighted by molar-refractivity contribution is -0.143. The van der Waals surface area contributed by atoms with E-state index in [0.29, 0.717) is 44.3 Å². The maximum absolute atomic E-state index is 13.3. The van der Waals surface area contributed by atoms with Gasteiger partial charge in [0.25, 0.3) is 5.97 Å². The van der Waals surface area contributed by atoms with E-state index in [4.69, 9.17) is 32.2 Å². The van der Waals surface area contributed by atoms with Crippen molar-refractivity contribution >= 4 is 41.5 Å². The molecule has 0 radical (unpaired) electrons. The summed E-state index contributed by atoms with van der Waals surface area (Å²) in [6.07, 6.45) is 1.78. The van der Waals surface area contributed by atoms with Gasteiger partial charge in [-0.15, -0.1) is 0 Å². The van der Waals surface area contributed by atoms with Gasteiger partial charge in [0.1, 0.15) is 23.9 Å². The molecule has 0 bridgehead atoms. The van der Waals surface area contributed by atoms with E-state index < -0.39 is 78.7 Å². The number of amides is 4. The number of carboxylic acids is 3. The number of carboxylic acid groups (broad SMARTS) is 3. The van der Waals surface area contributed by atoms with Crippen LogP contribution in [0, 0.1) is 0 Å². The Kier molecular flexibility index (Phi) is 21.9. The fourth-order valence-corrected chi connectivity index (χ4v) is 4.11. The van der Waals surface area contributed by atoms with Gasteiger partial charge in [0.05, 0.1) is 12.6 Å². The molecular weight excluding hydrogens is 634 g/mol. The molecule has 0 aliphatic rings. The van der Waals surface area contributed by atoms with E-state index in [9.17, 15) is 39.0 Å². The van der Waals surface area contributed by atoms with Crippen LogP contribution >= 0.6 is 0 Å². The largest absolute Gasteiger partial charge is 0.508 e. The lowest BCUT2D eigenvalue weighted by Crippen LogP contribution is -2.56. The third-order valence-corrected chi connectivity index (χ3v) is 6.59. The lowest BCUT2D eigenvalue weighted by atomic mass is 10.0. The molecule has 270 valence electrons. The number of unbranched alkanes of at least 4 members (excludes halogenated alkanes) is 2. The number of rotatable bonds is 22. The first-order chi connectivity index (χ1) is 22.6. The highest BCUT2D eigenvalue weighted by Crippen LogP contribution is 2.11. The average molecular weight is 684 g/mol. The summed E-state index contributed by atoms with van der Waals surface area (Å²) in [5.74, 6) is -6.26. The molecule has 0 aromatic heterocycles. The highest BCUT2D eigenvalue weighted by molar-refractivity contribution is 5.94. The predicted molar refractivity (Wildman–Crippen MR) is 172 cm³/mol. The van der Waals surface area contributed by atoms with Crippen molar-refractivity contribution in [3.05, 3.63) is 29.8 Å². The standard InChI is InChI=1S/C28H45N7O9.C2H4O2/c29-13-3-1-5-20(26(41)32-16-23(37)33-22(28(43)44)11-12-24(38)39)35-27(42)21(6-2-4-14-30)34-25(40)19(31)15-17-7-9-18(36)10-8-17;1-2(3)4/h7-10,19-22,36H,1-6,11-16,29-31H2,(H,32,41)(H,33,37)(H,34,40)(H,35,42)(H,38,39)(H,43,44);1H3,(H,3,4). The van der Waals surface area contributed by atoms with Gasteiger partial charge in [0, 0.05) is 13.3 Å². The van der Waals surface area contributed by atoms with Crippen molar-refractivity contribution in [2.75, 3.05) is 19.6 Å². The smallest absolute Gasteiger partial charge is 0.326 e. The van der Waals surface area contributed by atoms with Gasteiger partial charge in [-0.3, -0.25) is 28.8 Å². The van der Waals surface area contributed by atoms with E-state index in [2.05, 4.69) is 21.3 Å². The van der Waals surface area contributed by atoms with Gasteiger partial charge in [-0.1, -0.05) is 12.1 Å². The molecule has 18 heteroatoms.